The Morgan fingerprint density at radius 3 is 2.61 bits per heavy atom. The van der Waals surface area contributed by atoms with Crippen molar-refractivity contribution < 1.29 is 8.42 Å². The number of thiophene rings is 1. The highest BCUT2D eigenvalue weighted by atomic mass is 79.9. The average molecular weight is 355 g/mol. The molecular weight excluding hydrogens is 336 g/mol. The zero-order valence-corrected chi connectivity index (χ0v) is 13.9. The van der Waals surface area contributed by atoms with Crippen molar-refractivity contribution in [3.05, 3.63) is 15.9 Å². The average Bonchev–Trinajstić information content (AvgIpc) is 2.75. The van der Waals surface area contributed by atoms with E-state index in [9.17, 15) is 8.42 Å². The molecule has 104 valence electrons. The first-order valence-electron chi connectivity index (χ1n) is 5.96. The van der Waals surface area contributed by atoms with Crippen molar-refractivity contribution in [2.24, 2.45) is 0 Å². The van der Waals surface area contributed by atoms with Crippen LogP contribution in [0.15, 0.2) is 20.1 Å². The van der Waals surface area contributed by atoms with Gasteiger partial charge in [0.1, 0.15) is 4.21 Å². The van der Waals surface area contributed by atoms with E-state index in [-0.39, 0.29) is 0 Å². The Morgan fingerprint density at radius 2 is 2.11 bits per heavy atom. The van der Waals surface area contributed by atoms with Crippen LogP contribution in [-0.2, 0) is 10.0 Å². The zero-order chi connectivity index (χ0) is 13.6. The van der Waals surface area contributed by atoms with Gasteiger partial charge in [0, 0.05) is 17.6 Å². The lowest BCUT2D eigenvalue weighted by atomic mass is 10.4. The van der Waals surface area contributed by atoms with Crippen LogP contribution < -0.4 is 4.72 Å². The lowest BCUT2D eigenvalue weighted by Crippen LogP contribution is -2.35. The number of rotatable bonds is 8. The van der Waals surface area contributed by atoms with Gasteiger partial charge in [-0.1, -0.05) is 13.8 Å². The molecule has 0 saturated heterocycles. The summed E-state index contributed by atoms with van der Waals surface area (Å²) in [6.07, 6.45) is 1.08. The maximum absolute atomic E-state index is 12.0. The third-order valence-electron chi connectivity index (χ3n) is 2.54. The molecule has 0 spiro atoms. The van der Waals surface area contributed by atoms with Gasteiger partial charge < -0.3 is 4.90 Å². The molecule has 0 aromatic carbocycles. The smallest absolute Gasteiger partial charge is 0.251 e. The molecule has 0 fully saturated rings. The Balaban J connectivity index is 2.51. The molecule has 1 heterocycles. The summed E-state index contributed by atoms with van der Waals surface area (Å²) in [6, 6.07) is 1.74. The summed E-state index contributed by atoms with van der Waals surface area (Å²) in [5, 5.41) is 1.76. The predicted molar refractivity (Wildman–Crippen MR) is 79.6 cm³/mol. The van der Waals surface area contributed by atoms with Crippen LogP contribution >= 0.6 is 27.3 Å². The van der Waals surface area contributed by atoms with Crippen molar-refractivity contribution in [3.8, 4) is 0 Å². The number of nitrogens with one attached hydrogen (secondary N) is 1. The first-order chi connectivity index (χ1) is 8.51. The number of hydrogen-bond donors (Lipinski definition) is 1. The van der Waals surface area contributed by atoms with Crippen molar-refractivity contribution in [1.29, 1.82) is 0 Å². The highest BCUT2D eigenvalue weighted by molar-refractivity contribution is 9.10. The SMILES string of the molecule is CCCN(CC)CCNS(=O)(=O)c1sccc1Br. The van der Waals surface area contributed by atoms with E-state index < -0.39 is 10.0 Å². The van der Waals surface area contributed by atoms with Gasteiger partial charge in [-0.25, -0.2) is 13.1 Å². The van der Waals surface area contributed by atoms with Gasteiger partial charge in [-0.15, -0.1) is 11.3 Å². The minimum absolute atomic E-state index is 0.348. The monoisotopic (exact) mass is 354 g/mol. The summed E-state index contributed by atoms with van der Waals surface area (Å²) >= 11 is 4.46. The third-order valence-corrected chi connectivity index (χ3v) is 6.67. The maximum Gasteiger partial charge on any atom is 0.251 e. The Labute approximate surface area is 122 Å². The van der Waals surface area contributed by atoms with Crippen LogP contribution in [0.5, 0.6) is 0 Å². The van der Waals surface area contributed by atoms with E-state index in [0.717, 1.165) is 26.1 Å². The minimum Gasteiger partial charge on any atom is -0.302 e. The van der Waals surface area contributed by atoms with Crippen LogP contribution in [0, 0.1) is 0 Å². The van der Waals surface area contributed by atoms with Gasteiger partial charge in [0.15, 0.2) is 0 Å². The van der Waals surface area contributed by atoms with Gasteiger partial charge >= 0.3 is 0 Å². The molecule has 1 aromatic rings. The van der Waals surface area contributed by atoms with Crippen LogP contribution in [0.4, 0.5) is 0 Å². The molecular formula is C11H19BrN2O2S2. The summed E-state index contributed by atoms with van der Waals surface area (Å²) in [6.45, 7) is 7.34. The molecule has 1 rings (SSSR count). The van der Waals surface area contributed by atoms with E-state index in [1.807, 2.05) is 0 Å². The lowest BCUT2D eigenvalue weighted by Gasteiger charge is -2.19. The topological polar surface area (TPSA) is 49.4 Å². The molecule has 0 amide bonds. The summed E-state index contributed by atoms with van der Waals surface area (Å²) in [7, 11) is -3.37. The summed E-state index contributed by atoms with van der Waals surface area (Å²) in [5.41, 5.74) is 0. The molecule has 0 radical (unpaired) electrons. The Morgan fingerprint density at radius 1 is 1.39 bits per heavy atom. The number of nitrogens with zero attached hydrogens (tertiary/aromatic N) is 1. The molecule has 0 saturated carbocycles. The fourth-order valence-electron chi connectivity index (χ4n) is 1.62. The minimum atomic E-state index is -3.37. The van der Waals surface area contributed by atoms with Gasteiger partial charge in [0.2, 0.25) is 0 Å². The normalized spacial score (nSPS) is 12.2. The molecule has 0 aliphatic carbocycles. The zero-order valence-electron chi connectivity index (χ0n) is 10.6. The lowest BCUT2D eigenvalue weighted by molar-refractivity contribution is 0.293. The maximum atomic E-state index is 12.0. The Kier molecular flexibility index (Phi) is 6.79. The molecule has 0 unspecified atom stereocenters. The van der Waals surface area contributed by atoms with E-state index in [1.165, 1.54) is 11.3 Å². The molecule has 7 heteroatoms. The molecule has 0 aliphatic rings. The van der Waals surface area contributed by atoms with Gasteiger partial charge in [-0.05, 0) is 46.9 Å². The van der Waals surface area contributed by atoms with E-state index in [4.69, 9.17) is 0 Å². The van der Waals surface area contributed by atoms with Gasteiger partial charge in [-0.2, -0.15) is 0 Å². The van der Waals surface area contributed by atoms with Crippen LogP contribution in [0.3, 0.4) is 0 Å². The summed E-state index contributed by atoms with van der Waals surface area (Å²) < 4.78 is 27.6. The van der Waals surface area contributed by atoms with Crippen molar-refractivity contribution in [2.75, 3.05) is 26.2 Å². The van der Waals surface area contributed by atoms with Crippen LogP contribution in [0.1, 0.15) is 20.3 Å². The van der Waals surface area contributed by atoms with Crippen LogP contribution in [0.2, 0.25) is 0 Å². The molecule has 1 aromatic heterocycles. The standard InChI is InChI=1S/C11H19BrN2O2S2/c1-3-7-14(4-2)8-6-13-18(15,16)11-10(12)5-9-17-11/h5,9,13H,3-4,6-8H2,1-2H3. The van der Waals surface area contributed by atoms with Crippen molar-refractivity contribution in [1.82, 2.24) is 9.62 Å². The van der Waals surface area contributed by atoms with E-state index in [2.05, 4.69) is 39.4 Å². The molecule has 18 heavy (non-hydrogen) atoms. The number of hydrogen-bond acceptors (Lipinski definition) is 4. The van der Waals surface area contributed by atoms with E-state index in [1.54, 1.807) is 11.4 Å². The first kappa shape index (κ1) is 16.1. The van der Waals surface area contributed by atoms with Crippen molar-refractivity contribution in [3.63, 3.8) is 0 Å². The van der Waals surface area contributed by atoms with Crippen molar-refractivity contribution >= 4 is 37.3 Å². The number of halogens is 1. The van der Waals surface area contributed by atoms with Gasteiger partial charge in [0.05, 0.1) is 0 Å². The summed E-state index contributed by atoms with van der Waals surface area (Å²) in [5.74, 6) is 0. The van der Waals surface area contributed by atoms with E-state index >= 15 is 0 Å². The molecule has 1 N–H and O–H groups in total. The van der Waals surface area contributed by atoms with Gasteiger partial charge in [-0.3, -0.25) is 0 Å². The van der Waals surface area contributed by atoms with E-state index in [0.29, 0.717) is 15.2 Å². The fourth-order valence-corrected chi connectivity index (χ4v) is 5.02. The highest BCUT2D eigenvalue weighted by Crippen LogP contribution is 2.27. The number of sulfonamides is 1. The Hall–Kier alpha value is 0.0500. The van der Waals surface area contributed by atoms with Crippen LogP contribution in [-0.4, -0.2) is 39.5 Å². The molecule has 4 nitrogen and oxygen atoms in total. The van der Waals surface area contributed by atoms with Crippen LogP contribution in [0.25, 0.3) is 0 Å². The second-order valence-electron chi connectivity index (χ2n) is 3.89. The second kappa shape index (κ2) is 7.59. The number of likely N-dealkylation sites (N-methyl/N-ethyl adjacent to an activating group) is 1. The molecule has 0 atom stereocenters. The first-order valence-corrected chi connectivity index (χ1v) is 9.11. The summed E-state index contributed by atoms with van der Waals surface area (Å²) in [4.78, 5) is 2.23. The second-order valence-corrected chi connectivity index (χ2v) is 7.62. The quantitative estimate of drug-likeness (QED) is 0.780. The largest absolute Gasteiger partial charge is 0.302 e. The van der Waals surface area contributed by atoms with Gasteiger partial charge in [0.25, 0.3) is 10.0 Å². The molecule has 0 bridgehead atoms. The Bertz CT molecular complexity index is 459. The van der Waals surface area contributed by atoms with Crippen molar-refractivity contribution in [2.45, 2.75) is 24.5 Å². The highest BCUT2D eigenvalue weighted by Gasteiger charge is 2.18. The molecule has 0 aliphatic heterocycles. The fraction of sp³-hybridized carbons (Fsp3) is 0.636. The third kappa shape index (κ3) is 4.62. The predicted octanol–water partition coefficient (Wildman–Crippen LogP) is 2.52.